The number of nitrogens with zero attached hydrogens (tertiary/aromatic N) is 1. The molecule has 1 amide bonds. The Morgan fingerprint density at radius 1 is 1.09 bits per heavy atom. The SMILES string of the molecule is CCc1ccc(N=C2NC(=O)/C(=C/c3ccc(OCc4ccc(C(=O)O)cc4)c(I)c3)S2)cc1. The van der Waals surface area contributed by atoms with E-state index in [1.807, 2.05) is 48.5 Å². The summed E-state index contributed by atoms with van der Waals surface area (Å²) in [4.78, 5) is 28.5. The maximum absolute atomic E-state index is 12.4. The van der Waals surface area contributed by atoms with Crippen molar-refractivity contribution in [1.82, 2.24) is 5.32 Å². The summed E-state index contributed by atoms with van der Waals surface area (Å²) in [6.07, 6.45) is 2.80. The van der Waals surface area contributed by atoms with Gasteiger partial charge in [0.05, 0.1) is 19.7 Å². The third-order valence-electron chi connectivity index (χ3n) is 5.08. The third kappa shape index (κ3) is 6.06. The van der Waals surface area contributed by atoms with E-state index in [4.69, 9.17) is 9.84 Å². The lowest BCUT2D eigenvalue weighted by atomic mass is 10.1. The van der Waals surface area contributed by atoms with Crippen molar-refractivity contribution < 1.29 is 19.4 Å². The fourth-order valence-corrected chi connectivity index (χ4v) is 4.72. The molecule has 0 atom stereocenters. The largest absolute Gasteiger partial charge is 0.488 e. The fourth-order valence-electron chi connectivity index (χ4n) is 3.18. The summed E-state index contributed by atoms with van der Waals surface area (Å²) < 4.78 is 6.79. The van der Waals surface area contributed by atoms with Crippen LogP contribution in [0.25, 0.3) is 6.08 Å². The first kappa shape index (κ1) is 24.0. The molecule has 0 radical (unpaired) electrons. The topological polar surface area (TPSA) is 88.0 Å². The second kappa shape index (κ2) is 10.9. The Hall–Kier alpha value is -3.11. The highest BCUT2D eigenvalue weighted by Crippen LogP contribution is 2.30. The van der Waals surface area contributed by atoms with Crippen molar-refractivity contribution in [2.45, 2.75) is 20.0 Å². The number of amidine groups is 1. The van der Waals surface area contributed by atoms with Gasteiger partial charge in [-0.15, -0.1) is 0 Å². The maximum Gasteiger partial charge on any atom is 0.335 e. The summed E-state index contributed by atoms with van der Waals surface area (Å²) in [5.41, 5.74) is 4.05. The number of thioether (sulfide) groups is 1. The van der Waals surface area contributed by atoms with Crippen LogP contribution in [0, 0.1) is 3.57 Å². The smallest absolute Gasteiger partial charge is 0.335 e. The van der Waals surface area contributed by atoms with Gasteiger partial charge in [0.15, 0.2) is 5.17 Å². The van der Waals surface area contributed by atoms with E-state index < -0.39 is 5.97 Å². The lowest BCUT2D eigenvalue weighted by Crippen LogP contribution is -2.19. The summed E-state index contributed by atoms with van der Waals surface area (Å²) in [7, 11) is 0. The van der Waals surface area contributed by atoms with Crippen LogP contribution in [0.5, 0.6) is 5.75 Å². The van der Waals surface area contributed by atoms with Gasteiger partial charge >= 0.3 is 5.97 Å². The summed E-state index contributed by atoms with van der Waals surface area (Å²) in [6.45, 7) is 2.43. The fraction of sp³-hybridized carbons (Fsp3) is 0.115. The molecule has 0 saturated carbocycles. The predicted octanol–water partition coefficient (Wildman–Crippen LogP) is 6.02. The Bertz CT molecular complexity index is 1290. The van der Waals surface area contributed by atoms with Crippen LogP contribution in [0.15, 0.2) is 76.6 Å². The highest BCUT2D eigenvalue weighted by atomic mass is 127. The van der Waals surface area contributed by atoms with Crippen molar-refractivity contribution >= 4 is 63.2 Å². The third-order valence-corrected chi connectivity index (χ3v) is 6.83. The number of rotatable bonds is 7. The average Bonchev–Trinajstić information content (AvgIpc) is 3.17. The predicted molar refractivity (Wildman–Crippen MR) is 144 cm³/mol. The van der Waals surface area contributed by atoms with Crippen LogP contribution in [-0.2, 0) is 17.8 Å². The number of carboxylic acid groups (broad SMARTS) is 1. The van der Waals surface area contributed by atoms with Gasteiger partial charge in [-0.25, -0.2) is 9.79 Å². The number of halogens is 1. The molecule has 2 N–H and O–H groups in total. The number of hydrogen-bond acceptors (Lipinski definition) is 5. The molecule has 1 saturated heterocycles. The second-order valence-electron chi connectivity index (χ2n) is 7.48. The molecule has 3 aromatic rings. The number of aryl methyl sites for hydroxylation is 1. The van der Waals surface area contributed by atoms with Gasteiger partial charge in [0, 0.05) is 0 Å². The minimum atomic E-state index is -0.954. The Morgan fingerprint density at radius 2 is 1.79 bits per heavy atom. The van der Waals surface area contributed by atoms with Gasteiger partial charge in [0.25, 0.3) is 5.91 Å². The van der Waals surface area contributed by atoms with Crippen molar-refractivity contribution in [3.8, 4) is 5.75 Å². The number of carboxylic acids is 1. The molecule has 0 spiro atoms. The van der Waals surface area contributed by atoms with Gasteiger partial charge in [-0.1, -0.05) is 37.3 Å². The standard InChI is InChI=1S/C26H21IN2O4S/c1-2-16-5-10-20(11-6-16)28-26-29-24(30)23(34-26)14-18-7-12-22(21(27)13-18)33-15-17-3-8-19(9-4-17)25(31)32/h3-14H,2,15H2,1H3,(H,31,32)(H,28,29,30)/b23-14-. The molecule has 0 bridgehead atoms. The molecule has 34 heavy (non-hydrogen) atoms. The molecule has 4 rings (SSSR count). The Morgan fingerprint density at radius 3 is 2.44 bits per heavy atom. The molecule has 8 heteroatoms. The first-order chi connectivity index (χ1) is 16.4. The molecule has 0 unspecified atom stereocenters. The first-order valence-corrected chi connectivity index (χ1v) is 12.4. The molecular formula is C26H21IN2O4S. The van der Waals surface area contributed by atoms with Crippen molar-refractivity contribution in [2.24, 2.45) is 4.99 Å². The van der Waals surface area contributed by atoms with E-state index >= 15 is 0 Å². The van der Waals surface area contributed by atoms with Crippen molar-refractivity contribution in [2.75, 3.05) is 0 Å². The van der Waals surface area contributed by atoms with E-state index in [2.05, 4.69) is 39.8 Å². The van der Waals surface area contributed by atoms with E-state index in [0.29, 0.717) is 22.4 Å². The van der Waals surface area contributed by atoms with Gasteiger partial charge < -0.3 is 15.2 Å². The molecule has 1 fully saturated rings. The Kier molecular flexibility index (Phi) is 7.69. The number of benzene rings is 3. The number of hydrogen-bond donors (Lipinski definition) is 2. The lowest BCUT2D eigenvalue weighted by molar-refractivity contribution is -0.115. The number of aromatic carboxylic acids is 1. The van der Waals surface area contributed by atoms with Gasteiger partial charge in [-0.2, -0.15) is 0 Å². The Balaban J connectivity index is 1.41. The number of carbonyl (C=O) groups excluding carboxylic acids is 1. The zero-order chi connectivity index (χ0) is 24.1. The number of ether oxygens (including phenoxy) is 1. The zero-order valence-corrected chi connectivity index (χ0v) is 21.2. The van der Waals surface area contributed by atoms with Crippen LogP contribution < -0.4 is 10.1 Å². The van der Waals surface area contributed by atoms with Gasteiger partial charge in [-0.3, -0.25) is 4.79 Å². The van der Waals surface area contributed by atoms with E-state index in [9.17, 15) is 9.59 Å². The zero-order valence-electron chi connectivity index (χ0n) is 18.2. The van der Waals surface area contributed by atoms with Crippen LogP contribution >= 0.6 is 34.4 Å². The highest BCUT2D eigenvalue weighted by molar-refractivity contribution is 14.1. The van der Waals surface area contributed by atoms with Gasteiger partial charge in [-0.05, 0) is 99.9 Å². The monoisotopic (exact) mass is 584 g/mol. The van der Waals surface area contributed by atoms with Crippen LogP contribution in [-0.4, -0.2) is 22.2 Å². The van der Waals surface area contributed by atoms with E-state index in [0.717, 1.165) is 26.8 Å². The molecular weight excluding hydrogens is 563 g/mol. The molecule has 1 aliphatic rings. The van der Waals surface area contributed by atoms with Gasteiger partial charge in [0.1, 0.15) is 12.4 Å². The molecule has 172 valence electrons. The lowest BCUT2D eigenvalue weighted by Gasteiger charge is -2.09. The average molecular weight is 584 g/mol. The number of carbonyl (C=O) groups is 2. The number of nitrogens with one attached hydrogen (secondary N) is 1. The van der Waals surface area contributed by atoms with Crippen LogP contribution in [0.3, 0.4) is 0 Å². The summed E-state index contributed by atoms with van der Waals surface area (Å²) in [6, 6.07) is 20.3. The van der Waals surface area contributed by atoms with Crippen LogP contribution in [0.2, 0.25) is 0 Å². The molecule has 3 aromatic carbocycles. The summed E-state index contributed by atoms with van der Waals surface area (Å²) in [5, 5.41) is 12.4. The van der Waals surface area contributed by atoms with Crippen molar-refractivity contribution in [1.29, 1.82) is 0 Å². The highest BCUT2D eigenvalue weighted by Gasteiger charge is 2.23. The van der Waals surface area contributed by atoms with Crippen LogP contribution in [0.1, 0.15) is 34.0 Å². The normalized spacial score (nSPS) is 15.5. The minimum Gasteiger partial charge on any atom is -0.488 e. The minimum absolute atomic E-state index is 0.172. The van der Waals surface area contributed by atoms with Crippen LogP contribution in [0.4, 0.5) is 5.69 Å². The Labute approximate surface area is 215 Å². The van der Waals surface area contributed by atoms with E-state index in [1.54, 1.807) is 24.3 Å². The van der Waals surface area contributed by atoms with Crippen molar-refractivity contribution in [3.63, 3.8) is 0 Å². The van der Waals surface area contributed by atoms with Crippen molar-refractivity contribution in [3.05, 3.63) is 97.5 Å². The molecule has 6 nitrogen and oxygen atoms in total. The summed E-state index contributed by atoms with van der Waals surface area (Å²) in [5.74, 6) is -0.412. The molecule has 0 aliphatic carbocycles. The quantitative estimate of drug-likeness (QED) is 0.262. The molecule has 0 aromatic heterocycles. The number of amides is 1. The molecule has 1 aliphatic heterocycles. The van der Waals surface area contributed by atoms with Gasteiger partial charge in [0.2, 0.25) is 0 Å². The molecule has 1 heterocycles. The first-order valence-electron chi connectivity index (χ1n) is 10.5. The van der Waals surface area contributed by atoms with E-state index in [-0.39, 0.29) is 11.5 Å². The number of aliphatic imine (C=N–C) groups is 1. The second-order valence-corrected chi connectivity index (χ2v) is 9.68. The van der Waals surface area contributed by atoms with E-state index in [1.165, 1.54) is 17.3 Å². The summed E-state index contributed by atoms with van der Waals surface area (Å²) >= 11 is 3.51. The maximum atomic E-state index is 12.4.